The van der Waals surface area contributed by atoms with Crippen LogP contribution in [0.4, 0.5) is 0 Å². The fraction of sp³-hybridized carbons (Fsp3) is 0.292. The molecule has 0 radical (unpaired) electrons. The van der Waals surface area contributed by atoms with Gasteiger partial charge in [-0.3, -0.25) is 4.79 Å². The highest BCUT2D eigenvalue weighted by Crippen LogP contribution is 2.33. The minimum atomic E-state index is -0.368. The van der Waals surface area contributed by atoms with Gasteiger partial charge in [-0.1, -0.05) is 30.3 Å². The number of rotatable bonds is 7. The first kappa shape index (κ1) is 20.5. The Hall–Kier alpha value is -3.21. The maximum atomic E-state index is 11.5. The predicted octanol–water partition coefficient (Wildman–Crippen LogP) is 4.45. The summed E-state index contributed by atoms with van der Waals surface area (Å²) in [6, 6.07) is 13.5. The molecule has 29 heavy (non-hydrogen) atoms. The second-order valence-electron chi connectivity index (χ2n) is 7.20. The van der Waals surface area contributed by atoms with E-state index in [0.29, 0.717) is 25.5 Å². The van der Waals surface area contributed by atoms with Gasteiger partial charge in [0.2, 0.25) is 5.43 Å². The van der Waals surface area contributed by atoms with Gasteiger partial charge in [-0.25, -0.2) is 0 Å². The Kier molecular flexibility index (Phi) is 6.27. The lowest BCUT2D eigenvalue weighted by molar-refractivity contribution is 0.286. The topological polar surface area (TPSA) is 60.7 Å². The molecule has 0 aliphatic carbocycles. The van der Waals surface area contributed by atoms with E-state index in [1.807, 2.05) is 61.7 Å². The number of benzene rings is 2. The average Bonchev–Trinajstić information content (AvgIpc) is 2.72. The first-order chi connectivity index (χ1) is 13.9. The van der Waals surface area contributed by atoms with Crippen LogP contribution in [0, 0.1) is 27.7 Å². The quantitative estimate of drug-likeness (QED) is 0.644. The third-order valence-corrected chi connectivity index (χ3v) is 5.21. The van der Waals surface area contributed by atoms with Gasteiger partial charge in [0.15, 0.2) is 5.75 Å². The molecule has 0 aliphatic rings. The van der Waals surface area contributed by atoms with Gasteiger partial charge in [-0.05, 0) is 56.0 Å². The van der Waals surface area contributed by atoms with E-state index in [0.717, 1.165) is 33.8 Å². The van der Waals surface area contributed by atoms with Crippen LogP contribution in [-0.4, -0.2) is 16.3 Å². The van der Waals surface area contributed by atoms with E-state index in [2.05, 4.69) is 0 Å². The maximum absolute atomic E-state index is 11.5. The van der Waals surface area contributed by atoms with E-state index in [-0.39, 0.29) is 11.2 Å². The zero-order valence-electron chi connectivity index (χ0n) is 17.4. The third kappa shape index (κ3) is 4.62. The van der Waals surface area contributed by atoms with E-state index < -0.39 is 0 Å². The third-order valence-electron chi connectivity index (χ3n) is 5.21. The minimum Gasteiger partial charge on any atom is -0.503 e. The van der Waals surface area contributed by atoms with Gasteiger partial charge >= 0.3 is 0 Å². The first-order valence-corrected chi connectivity index (χ1v) is 9.67. The summed E-state index contributed by atoms with van der Waals surface area (Å²) in [4.78, 5) is 11.5. The molecule has 0 saturated carbocycles. The molecule has 5 nitrogen and oxygen atoms in total. The average molecular weight is 393 g/mol. The zero-order chi connectivity index (χ0) is 21.0. The van der Waals surface area contributed by atoms with E-state index in [4.69, 9.17) is 9.47 Å². The molecule has 2 aromatic carbocycles. The van der Waals surface area contributed by atoms with Crippen molar-refractivity contribution in [3.05, 3.63) is 86.8 Å². The van der Waals surface area contributed by atoms with Crippen LogP contribution in [0.3, 0.4) is 0 Å². The van der Waals surface area contributed by atoms with Gasteiger partial charge in [-0.2, -0.15) is 0 Å². The van der Waals surface area contributed by atoms with Gasteiger partial charge in [0.1, 0.15) is 24.7 Å². The van der Waals surface area contributed by atoms with Crippen molar-refractivity contribution >= 4 is 0 Å². The van der Waals surface area contributed by atoms with E-state index in [1.165, 1.54) is 6.07 Å². The first-order valence-electron chi connectivity index (χ1n) is 9.67. The van der Waals surface area contributed by atoms with E-state index in [9.17, 15) is 9.90 Å². The van der Waals surface area contributed by atoms with Crippen molar-refractivity contribution in [3.8, 4) is 17.2 Å². The molecule has 0 fully saturated rings. The molecule has 1 heterocycles. The molecule has 0 spiro atoms. The van der Waals surface area contributed by atoms with Gasteiger partial charge in [0.25, 0.3) is 0 Å². The molecule has 0 bridgehead atoms. The number of aromatic hydroxyl groups is 1. The van der Waals surface area contributed by atoms with Gasteiger partial charge in [-0.15, -0.1) is 0 Å². The highest BCUT2D eigenvalue weighted by molar-refractivity contribution is 5.52. The fourth-order valence-corrected chi connectivity index (χ4v) is 3.28. The summed E-state index contributed by atoms with van der Waals surface area (Å²) < 4.78 is 13.9. The van der Waals surface area contributed by atoms with Crippen molar-refractivity contribution in [2.45, 2.75) is 40.8 Å². The second-order valence-corrected chi connectivity index (χ2v) is 7.20. The van der Waals surface area contributed by atoms with Gasteiger partial charge < -0.3 is 19.1 Å². The molecular formula is C24H27NO4. The number of hydrogen-bond acceptors (Lipinski definition) is 4. The van der Waals surface area contributed by atoms with Crippen LogP contribution in [-0.2, 0) is 13.2 Å². The lowest BCUT2D eigenvalue weighted by Gasteiger charge is -2.19. The Morgan fingerprint density at radius 2 is 1.69 bits per heavy atom. The normalized spacial score (nSPS) is 10.8. The highest BCUT2D eigenvalue weighted by atomic mass is 16.5. The summed E-state index contributed by atoms with van der Waals surface area (Å²) in [7, 11) is 0. The van der Waals surface area contributed by atoms with Crippen LogP contribution in [0.25, 0.3) is 0 Å². The Morgan fingerprint density at radius 3 is 2.41 bits per heavy atom. The Bertz CT molecular complexity index is 1050. The molecule has 0 amide bonds. The Labute approximate surface area is 171 Å². The van der Waals surface area contributed by atoms with Crippen LogP contribution < -0.4 is 14.9 Å². The smallest absolute Gasteiger partial charge is 0.223 e. The predicted molar refractivity (Wildman–Crippen MR) is 114 cm³/mol. The number of hydrogen-bond donors (Lipinski definition) is 1. The Balaban J connectivity index is 1.69. The summed E-state index contributed by atoms with van der Waals surface area (Å²) in [5.41, 5.74) is 4.43. The van der Waals surface area contributed by atoms with Crippen LogP contribution in [0.5, 0.6) is 17.2 Å². The molecule has 3 rings (SSSR count). The summed E-state index contributed by atoms with van der Waals surface area (Å²) in [5.74, 6) is 1.49. The van der Waals surface area contributed by atoms with Gasteiger partial charge in [0.05, 0.1) is 12.2 Å². The van der Waals surface area contributed by atoms with Crippen molar-refractivity contribution in [2.24, 2.45) is 0 Å². The largest absolute Gasteiger partial charge is 0.503 e. The summed E-state index contributed by atoms with van der Waals surface area (Å²) in [6.45, 7) is 9.28. The van der Waals surface area contributed by atoms with Crippen LogP contribution >= 0.6 is 0 Å². The molecule has 1 N–H and O–H groups in total. The van der Waals surface area contributed by atoms with E-state index in [1.54, 1.807) is 13.1 Å². The van der Waals surface area contributed by atoms with Crippen LogP contribution in [0.1, 0.15) is 27.9 Å². The number of aromatic nitrogens is 1. The number of ether oxygens (including phenoxy) is 2. The highest BCUT2D eigenvalue weighted by Gasteiger charge is 2.13. The molecule has 5 heteroatoms. The Morgan fingerprint density at radius 1 is 0.966 bits per heavy atom. The zero-order valence-corrected chi connectivity index (χ0v) is 17.4. The summed E-state index contributed by atoms with van der Waals surface area (Å²) >= 11 is 0. The number of aryl methyl sites for hydroxylation is 1. The summed E-state index contributed by atoms with van der Waals surface area (Å²) in [6.07, 6.45) is 1.67. The lowest BCUT2D eigenvalue weighted by Crippen LogP contribution is -2.15. The maximum Gasteiger partial charge on any atom is 0.223 e. The molecule has 152 valence electrons. The second kappa shape index (κ2) is 8.86. The van der Waals surface area contributed by atoms with Crippen molar-refractivity contribution < 1.29 is 14.6 Å². The molecular weight excluding hydrogens is 366 g/mol. The molecule has 1 aromatic heterocycles. The number of nitrogens with zero attached hydrogens (tertiary/aromatic N) is 1. The lowest BCUT2D eigenvalue weighted by atomic mass is 10.0. The van der Waals surface area contributed by atoms with Crippen molar-refractivity contribution in [1.29, 1.82) is 0 Å². The monoisotopic (exact) mass is 393 g/mol. The minimum absolute atomic E-state index is 0.213. The SMILES string of the molecule is Cc1cc(OCCn2ccc(=O)c(O)c2C)c(C)c(C)c1OCc1ccccc1. The van der Waals surface area contributed by atoms with Gasteiger partial charge in [0, 0.05) is 12.3 Å². The van der Waals surface area contributed by atoms with Crippen molar-refractivity contribution in [3.63, 3.8) is 0 Å². The van der Waals surface area contributed by atoms with Crippen LogP contribution in [0.2, 0.25) is 0 Å². The number of pyridine rings is 1. The van der Waals surface area contributed by atoms with Crippen molar-refractivity contribution in [1.82, 2.24) is 4.57 Å². The van der Waals surface area contributed by atoms with E-state index >= 15 is 0 Å². The molecule has 0 aliphatic heterocycles. The summed E-state index contributed by atoms with van der Waals surface area (Å²) in [5, 5.41) is 9.80. The standard InChI is InChI=1S/C24H27NO4/c1-16-14-22(28-13-12-25-11-10-21(26)23(27)19(25)4)17(2)18(3)24(16)29-15-20-8-6-5-7-9-20/h5-11,14,27H,12-13,15H2,1-4H3. The van der Waals surface area contributed by atoms with Crippen molar-refractivity contribution in [2.75, 3.05) is 6.61 Å². The molecule has 0 unspecified atom stereocenters. The molecule has 3 aromatic rings. The molecule has 0 saturated heterocycles. The van der Waals surface area contributed by atoms with Crippen LogP contribution in [0.15, 0.2) is 53.5 Å². The molecule has 0 atom stereocenters. The fourth-order valence-electron chi connectivity index (χ4n) is 3.28.